The van der Waals surface area contributed by atoms with Gasteiger partial charge in [-0.05, 0) is 54.8 Å². The van der Waals surface area contributed by atoms with Gasteiger partial charge in [0.25, 0.3) is 0 Å². The van der Waals surface area contributed by atoms with Crippen LogP contribution in [0.15, 0.2) is 30.3 Å². The van der Waals surface area contributed by atoms with Gasteiger partial charge in [-0.15, -0.1) is 12.4 Å². The Morgan fingerprint density at radius 2 is 1.76 bits per heavy atom. The quantitative estimate of drug-likeness (QED) is 0.621. The third kappa shape index (κ3) is 6.41. The third-order valence-electron chi connectivity index (χ3n) is 4.94. The lowest BCUT2D eigenvalue weighted by atomic mass is 10.1. The summed E-state index contributed by atoms with van der Waals surface area (Å²) in [5.74, 6) is 1.77. The predicted molar refractivity (Wildman–Crippen MR) is 121 cm³/mol. The van der Waals surface area contributed by atoms with Crippen LogP contribution in [0.3, 0.4) is 0 Å². The Labute approximate surface area is 184 Å². The van der Waals surface area contributed by atoms with Crippen molar-refractivity contribution in [3.8, 4) is 11.5 Å². The molecule has 5 nitrogen and oxygen atoms in total. The molecule has 1 aliphatic heterocycles. The molecule has 0 aliphatic carbocycles. The van der Waals surface area contributed by atoms with Crippen molar-refractivity contribution >= 4 is 29.7 Å². The summed E-state index contributed by atoms with van der Waals surface area (Å²) >= 11 is 6.14. The molecule has 1 aliphatic rings. The summed E-state index contributed by atoms with van der Waals surface area (Å²) in [7, 11) is 3.44. The highest BCUT2D eigenvalue weighted by atomic mass is 35.5. The lowest BCUT2D eigenvalue weighted by Gasteiger charge is -2.30. The maximum atomic E-state index is 6.14. The van der Waals surface area contributed by atoms with E-state index in [1.165, 1.54) is 11.1 Å². The Morgan fingerprint density at radius 1 is 1.03 bits per heavy atom. The van der Waals surface area contributed by atoms with Crippen molar-refractivity contribution in [2.45, 2.75) is 19.9 Å². The zero-order chi connectivity index (χ0) is 19.9. The van der Waals surface area contributed by atoms with Crippen molar-refractivity contribution in [3.05, 3.63) is 52.0 Å². The van der Waals surface area contributed by atoms with Crippen molar-refractivity contribution < 1.29 is 14.2 Å². The molecule has 1 saturated heterocycles. The smallest absolute Gasteiger partial charge is 0.142 e. The van der Waals surface area contributed by atoms with Gasteiger partial charge >= 0.3 is 0 Å². The fourth-order valence-electron chi connectivity index (χ4n) is 3.56. The van der Waals surface area contributed by atoms with E-state index in [9.17, 15) is 0 Å². The zero-order valence-corrected chi connectivity index (χ0v) is 18.9. The van der Waals surface area contributed by atoms with Gasteiger partial charge < -0.3 is 24.4 Å². The molecule has 0 saturated carbocycles. The van der Waals surface area contributed by atoms with Crippen LogP contribution in [-0.4, -0.2) is 47.1 Å². The second-order valence-electron chi connectivity index (χ2n) is 7.00. The van der Waals surface area contributed by atoms with Gasteiger partial charge in [-0.2, -0.15) is 0 Å². The van der Waals surface area contributed by atoms with Crippen LogP contribution in [0.4, 0.5) is 5.69 Å². The van der Waals surface area contributed by atoms with E-state index in [2.05, 4.69) is 35.3 Å². The minimum atomic E-state index is 0. The number of anilines is 1. The number of methoxy groups -OCH3 is 2. The molecule has 0 aromatic heterocycles. The molecule has 0 amide bonds. The summed E-state index contributed by atoms with van der Waals surface area (Å²) in [5.41, 5.74) is 4.56. The van der Waals surface area contributed by atoms with Gasteiger partial charge in [0.2, 0.25) is 0 Å². The standard InChI is InChI=1S/C22H29ClN2O3.ClH/c1-16-10-17(12-19(23)11-16)15-24-5-4-18-13-22(27-3)20(14-21(18)26-2)25-6-8-28-9-7-25;/h10-14,24H,4-9,15H2,1-3H3;1H. The molecule has 0 radical (unpaired) electrons. The first-order chi connectivity index (χ1) is 13.6. The fraction of sp³-hybridized carbons (Fsp3) is 0.455. The summed E-state index contributed by atoms with van der Waals surface area (Å²) in [6.45, 7) is 6.87. The van der Waals surface area contributed by atoms with E-state index in [0.717, 1.165) is 73.6 Å². The minimum absolute atomic E-state index is 0. The number of halogens is 2. The van der Waals surface area contributed by atoms with Crippen molar-refractivity contribution in [2.24, 2.45) is 0 Å². The highest BCUT2D eigenvalue weighted by Crippen LogP contribution is 2.36. The van der Waals surface area contributed by atoms with Gasteiger partial charge in [0.05, 0.1) is 33.1 Å². The molecule has 7 heteroatoms. The molecule has 2 aromatic rings. The highest BCUT2D eigenvalue weighted by Gasteiger charge is 2.18. The molecule has 1 fully saturated rings. The van der Waals surface area contributed by atoms with E-state index < -0.39 is 0 Å². The monoisotopic (exact) mass is 440 g/mol. The van der Waals surface area contributed by atoms with Gasteiger partial charge in [0.1, 0.15) is 11.5 Å². The number of aryl methyl sites for hydroxylation is 1. The second-order valence-corrected chi connectivity index (χ2v) is 7.44. The molecule has 0 atom stereocenters. The maximum Gasteiger partial charge on any atom is 0.142 e. The van der Waals surface area contributed by atoms with E-state index in [-0.39, 0.29) is 12.4 Å². The first-order valence-electron chi connectivity index (χ1n) is 9.65. The summed E-state index contributed by atoms with van der Waals surface area (Å²) in [6.07, 6.45) is 0.850. The largest absolute Gasteiger partial charge is 0.496 e. The Morgan fingerprint density at radius 3 is 2.41 bits per heavy atom. The number of ether oxygens (including phenoxy) is 3. The topological polar surface area (TPSA) is 43.0 Å². The van der Waals surface area contributed by atoms with Gasteiger partial charge in [0, 0.05) is 30.7 Å². The molecule has 2 aromatic carbocycles. The van der Waals surface area contributed by atoms with Crippen LogP contribution in [-0.2, 0) is 17.7 Å². The molecule has 29 heavy (non-hydrogen) atoms. The number of rotatable bonds is 8. The van der Waals surface area contributed by atoms with Crippen LogP contribution in [0.5, 0.6) is 11.5 Å². The number of morpholine rings is 1. The summed E-state index contributed by atoms with van der Waals surface area (Å²) in [5, 5.41) is 4.27. The highest BCUT2D eigenvalue weighted by molar-refractivity contribution is 6.30. The Hall–Kier alpha value is -1.66. The van der Waals surface area contributed by atoms with E-state index in [1.54, 1.807) is 14.2 Å². The molecular formula is C22H30Cl2N2O3. The van der Waals surface area contributed by atoms with E-state index in [0.29, 0.717) is 0 Å². The first-order valence-corrected chi connectivity index (χ1v) is 10.0. The molecule has 0 bridgehead atoms. The Bertz CT molecular complexity index is 776. The van der Waals surface area contributed by atoms with Gasteiger partial charge in [0.15, 0.2) is 0 Å². The normalized spacial score (nSPS) is 13.7. The number of hydrogen-bond donors (Lipinski definition) is 1. The lowest BCUT2D eigenvalue weighted by Crippen LogP contribution is -2.36. The summed E-state index contributed by atoms with van der Waals surface area (Å²) < 4.78 is 16.8. The Balaban J connectivity index is 0.00000300. The molecule has 0 spiro atoms. The number of nitrogens with zero attached hydrogens (tertiary/aromatic N) is 1. The Kier molecular flexibility index (Phi) is 9.37. The molecule has 0 unspecified atom stereocenters. The summed E-state index contributed by atoms with van der Waals surface area (Å²) in [6, 6.07) is 10.3. The van der Waals surface area contributed by atoms with Crippen LogP contribution >= 0.6 is 24.0 Å². The van der Waals surface area contributed by atoms with Crippen LogP contribution in [0, 0.1) is 6.92 Å². The number of hydrogen-bond acceptors (Lipinski definition) is 5. The van der Waals surface area contributed by atoms with Crippen LogP contribution < -0.4 is 19.7 Å². The van der Waals surface area contributed by atoms with Crippen LogP contribution in [0.25, 0.3) is 0 Å². The molecular weight excluding hydrogens is 411 g/mol. The average Bonchev–Trinajstić information content (AvgIpc) is 2.70. The SMILES string of the molecule is COc1cc(N2CCOCC2)c(OC)cc1CCNCc1cc(C)cc(Cl)c1.Cl. The van der Waals surface area contributed by atoms with Crippen molar-refractivity contribution in [1.29, 1.82) is 0 Å². The van der Waals surface area contributed by atoms with E-state index in [1.807, 2.05) is 12.1 Å². The van der Waals surface area contributed by atoms with Gasteiger partial charge in [-0.1, -0.05) is 17.7 Å². The van der Waals surface area contributed by atoms with Gasteiger partial charge in [-0.25, -0.2) is 0 Å². The molecule has 1 N–H and O–H groups in total. The maximum absolute atomic E-state index is 6.14. The van der Waals surface area contributed by atoms with Crippen LogP contribution in [0.1, 0.15) is 16.7 Å². The van der Waals surface area contributed by atoms with Crippen molar-refractivity contribution in [3.63, 3.8) is 0 Å². The fourth-order valence-corrected chi connectivity index (χ4v) is 3.87. The molecule has 160 valence electrons. The van der Waals surface area contributed by atoms with E-state index >= 15 is 0 Å². The molecule has 1 heterocycles. The summed E-state index contributed by atoms with van der Waals surface area (Å²) in [4.78, 5) is 2.29. The van der Waals surface area contributed by atoms with Crippen molar-refractivity contribution in [2.75, 3.05) is 52.0 Å². The molecule has 3 rings (SSSR count). The minimum Gasteiger partial charge on any atom is -0.496 e. The third-order valence-corrected chi connectivity index (χ3v) is 5.15. The predicted octanol–water partition coefficient (Wildman–Crippen LogP) is 4.26. The number of nitrogens with one attached hydrogen (secondary N) is 1. The first kappa shape index (κ1) is 23.6. The zero-order valence-electron chi connectivity index (χ0n) is 17.3. The number of benzene rings is 2. The van der Waals surface area contributed by atoms with Gasteiger partial charge in [-0.3, -0.25) is 0 Å². The lowest BCUT2D eigenvalue weighted by molar-refractivity contribution is 0.122. The van der Waals surface area contributed by atoms with Crippen LogP contribution in [0.2, 0.25) is 5.02 Å². The average molecular weight is 441 g/mol. The van der Waals surface area contributed by atoms with Crippen molar-refractivity contribution in [1.82, 2.24) is 5.32 Å². The van der Waals surface area contributed by atoms with E-state index in [4.69, 9.17) is 25.8 Å². The second kappa shape index (κ2) is 11.5.